The second-order valence-corrected chi connectivity index (χ2v) is 4.81. The summed E-state index contributed by atoms with van der Waals surface area (Å²) in [5, 5.41) is 8.90. The number of carboxylic acids is 1. The molecule has 86 valence electrons. The second-order valence-electron chi connectivity index (χ2n) is 3.96. The topological polar surface area (TPSA) is 72.6 Å². The van der Waals surface area contributed by atoms with Crippen LogP contribution in [0, 0.1) is 0 Å². The Morgan fingerprint density at radius 2 is 2.31 bits per heavy atom. The summed E-state index contributed by atoms with van der Waals surface area (Å²) in [7, 11) is 0. The van der Waals surface area contributed by atoms with Crippen molar-refractivity contribution in [3.63, 3.8) is 0 Å². The molecule has 1 aliphatic rings. The van der Waals surface area contributed by atoms with E-state index in [-0.39, 0.29) is 5.56 Å². The standard InChI is InChI=1S/C11H12BrNO3/c12-9-5-7(1-2-8(9)10(14)15)11(13)3-4-16-6-11/h1-2,5H,3-4,6,13H2,(H,14,15). The average Bonchev–Trinajstić information content (AvgIpc) is 2.66. The third kappa shape index (κ3) is 1.98. The summed E-state index contributed by atoms with van der Waals surface area (Å²) in [6.45, 7) is 1.13. The van der Waals surface area contributed by atoms with Gasteiger partial charge < -0.3 is 15.6 Å². The van der Waals surface area contributed by atoms with Gasteiger partial charge in [0.05, 0.1) is 17.7 Å². The van der Waals surface area contributed by atoms with Gasteiger partial charge in [-0.1, -0.05) is 6.07 Å². The minimum Gasteiger partial charge on any atom is -0.478 e. The zero-order valence-corrected chi connectivity index (χ0v) is 10.2. The molecule has 1 fully saturated rings. The molecule has 1 heterocycles. The number of ether oxygens (including phenoxy) is 1. The summed E-state index contributed by atoms with van der Waals surface area (Å²) in [6.07, 6.45) is 0.756. The van der Waals surface area contributed by atoms with E-state index in [1.165, 1.54) is 0 Å². The van der Waals surface area contributed by atoms with Crippen molar-refractivity contribution in [2.75, 3.05) is 13.2 Å². The predicted molar refractivity (Wildman–Crippen MR) is 62.4 cm³/mol. The first-order valence-corrected chi connectivity index (χ1v) is 5.72. The van der Waals surface area contributed by atoms with Gasteiger partial charge in [0.1, 0.15) is 0 Å². The van der Waals surface area contributed by atoms with Crippen LogP contribution < -0.4 is 5.73 Å². The van der Waals surface area contributed by atoms with Crippen LogP contribution in [0.2, 0.25) is 0 Å². The van der Waals surface area contributed by atoms with Crippen LogP contribution in [-0.4, -0.2) is 24.3 Å². The summed E-state index contributed by atoms with van der Waals surface area (Å²) in [6, 6.07) is 5.08. The van der Waals surface area contributed by atoms with E-state index in [1.807, 2.05) is 0 Å². The van der Waals surface area contributed by atoms with E-state index in [9.17, 15) is 4.79 Å². The van der Waals surface area contributed by atoms with Crippen molar-refractivity contribution in [1.82, 2.24) is 0 Å². The summed E-state index contributed by atoms with van der Waals surface area (Å²) >= 11 is 3.24. The first kappa shape index (κ1) is 11.6. The second kappa shape index (κ2) is 4.16. The van der Waals surface area contributed by atoms with Gasteiger partial charge in [-0.05, 0) is 40.0 Å². The molecule has 0 bridgehead atoms. The molecule has 1 aliphatic heterocycles. The highest BCUT2D eigenvalue weighted by Crippen LogP contribution is 2.30. The lowest BCUT2D eigenvalue weighted by atomic mass is 9.90. The van der Waals surface area contributed by atoms with Gasteiger partial charge in [-0.25, -0.2) is 4.79 Å². The third-order valence-corrected chi connectivity index (χ3v) is 3.48. The van der Waals surface area contributed by atoms with Crippen molar-refractivity contribution in [3.05, 3.63) is 33.8 Å². The highest BCUT2D eigenvalue weighted by Gasteiger charge is 2.32. The van der Waals surface area contributed by atoms with Crippen LogP contribution in [0.3, 0.4) is 0 Å². The maximum atomic E-state index is 10.8. The minimum atomic E-state index is -0.952. The van der Waals surface area contributed by atoms with Crippen LogP contribution >= 0.6 is 15.9 Å². The molecule has 1 aromatic rings. The van der Waals surface area contributed by atoms with Crippen molar-refractivity contribution in [1.29, 1.82) is 0 Å². The molecule has 0 aromatic heterocycles. The molecule has 1 saturated heterocycles. The molecule has 1 aromatic carbocycles. The van der Waals surface area contributed by atoms with Crippen LogP contribution in [0.25, 0.3) is 0 Å². The minimum absolute atomic E-state index is 0.242. The van der Waals surface area contributed by atoms with E-state index in [2.05, 4.69) is 15.9 Å². The number of nitrogens with two attached hydrogens (primary N) is 1. The Morgan fingerprint density at radius 3 is 2.81 bits per heavy atom. The zero-order valence-electron chi connectivity index (χ0n) is 8.57. The van der Waals surface area contributed by atoms with E-state index in [4.69, 9.17) is 15.6 Å². The number of carbonyl (C=O) groups is 1. The number of aromatic carboxylic acids is 1. The number of benzene rings is 1. The summed E-state index contributed by atoms with van der Waals surface area (Å²) in [4.78, 5) is 10.8. The molecule has 1 unspecified atom stereocenters. The Labute approximate surface area is 102 Å². The summed E-state index contributed by atoms with van der Waals surface area (Å²) in [5.41, 5.74) is 6.84. The molecule has 0 amide bonds. The third-order valence-electron chi connectivity index (χ3n) is 2.83. The number of rotatable bonds is 2. The number of hydrogen-bond donors (Lipinski definition) is 2. The van der Waals surface area contributed by atoms with E-state index in [0.717, 1.165) is 12.0 Å². The Bertz CT molecular complexity index is 427. The van der Waals surface area contributed by atoms with Gasteiger partial charge in [0.15, 0.2) is 0 Å². The maximum Gasteiger partial charge on any atom is 0.336 e. The number of hydrogen-bond acceptors (Lipinski definition) is 3. The van der Waals surface area contributed by atoms with E-state index >= 15 is 0 Å². The molecule has 0 saturated carbocycles. The average molecular weight is 286 g/mol. The van der Waals surface area contributed by atoms with Gasteiger partial charge >= 0.3 is 5.97 Å². The molecular formula is C11H12BrNO3. The molecule has 4 nitrogen and oxygen atoms in total. The zero-order chi connectivity index (χ0) is 11.8. The van der Waals surface area contributed by atoms with Crippen LogP contribution in [0.1, 0.15) is 22.3 Å². The molecular weight excluding hydrogens is 274 g/mol. The quantitative estimate of drug-likeness (QED) is 0.868. The fraction of sp³-hybridized carbons (Fsp3) is 0.364. The Kier molecular flexibility index (Phi) is 3.01. The van der Waals surface area contributed by atoms with Crippen molar-refractivity contribution >= 4 is 21.9 Å². The first-order valence-electron chi connectivity index (χ1n) is 4.93. The highest BCUT2D eigenvalue weighted by molar-refractivity contribution is 9.10. The van der Waals surface area contributed by atoms with Crippen LogP contribution in [-0.2, 0) is 10.3 Å². The molecule has 2 rings (SSSR count). The molecule has 0 spiro atoms. The number of carboxylic acid groups (broad SMARTS) is 1. The summed E-state index contributed by atoms with van der Waals surface area (Å²) in [5.74, 6) is -0.952. The first-order chi connectivity index (χ1) is 7.53. The van der Waals surface area contributed by atoms with Gasteiger partial charge in [-0.2, -0.15) is 0 Å². The normalized spacial score (nSPS) is 24.6. The summed E-state index contributed by atoms with van der Waals surface area (Å²) < 4.78 is 5.83. The fourth-order valence-corrected chi connectivity index (χ4v) is 2.36. The van der Waals surface area contributed by atoms with Gasteiger partial charge in [0.25, 0.3) is 0 Å². The van der Waals surface area contributed by atoms with Crippen molar-refractivity contribution in [2.45, 2.75) is 12.0 Å². The largest absolute Gasteiger partial charge is 0.478 e. The predicted octanol–water partition coefficient (Wildman–Crippen LogP) is 1.72. The number of halogens is 1. The Balaban J connectivity index is 2.37. The molecule has 16 heavy (non-hydrogen) atoms. The van der Waals surface area contributed by atoms with Gasteiger partial charge in [0.2, 0.25) is 0 Å². The van der Waals surface area contributed by atoms with Crippen LogP contribution in [0.15, 0.2) is 22.7 Å². The van der Waals surface area contributed by atoms with Gasteiger partial charge in [0, 0.05) is 11.1 Å². The Hall–Kier alpha value is -0.910. The van der Waals surface area contributed by atoms with E-state index < -0.39 is 11.5 Å². The molecule has 3 N–H and O–H groups in total. The lowest BCUT2D eigenvalue weighted by Crippen LogP contribution is -2.37. The Morgan fingerprint density at radius 1 is 1.56 bits per heavy atom. The highest BCUT2D eigenvalue weighted by atomic mass is 79.9. The van der Waals surface area contributed by atoms with E-state index in [0.29, 0.717) is 17.7 Å². The van der Waals surface area contributed by atoms with Crippen molar-refractivity contribution in [3.8, 4) is 0 Å². The van der Waals surface area contributed by atoms with Gasteiger partial charge in [-0.15, -0.1) is 0 Å². The maximum absolute atomic E-state index is 10.8. The van der Waals surface area contributed by atoms with E-state index in [1.54, 1.807) is 18.2 Å². The fourth-order valence-electron chi connectivity index (χ4n) is 1.81. The monoisotopic (exact) mass is 285 g/mol. The smallest absolute Gasteiger partial charge is 0.336 e. The molecule has 0 aliphatic carbocycles. The molecule has 1 atom stereocenters. The SMILES string of the molecule is NC1(c2ccc(C(=O)O)c(Br)c2)CCOC1. The molecule has 0 radical (unpaired) electrons. The van der Waals surface area contributed by atoms with Crippen molar-refractivity contribution < 1.29 is 14.6 Å². The lowest BCUT2D eigenvalue weighted by molar-refractivity contribution is 0.0696. The molecule has 5 heteroatoms. The van der Waals surface area contributed by atoms with Crippen LogP contribution in [0.5, 0.6) is 0 Å². The van der Waals surface area contributed by atoms with Gasteiger partial charge in [-0.3, -0.25) is 0 Å². The lowest BCUT2D eigenvalue weighted by Gasteiger charge is -2.22. The van der Waals surface area contributed by atoms with Crippen molar-refractivity contribution in [2.24, 2.45) is 5.73 Å². The van der Waals surface area contributed by atoms with Crippen LogP contribution in [0.4, 0.5) is 0 Å².